The van der Waals surface area contributed by atoms with Gasteiger partial charge in [0.15, 0.2) is 5.78 Å². The highest BCUT2D eigenvalue weighted by molar-refractivity contribution is 6.26. The quantitative estimate of drug-likeness (QED) is 0.178. The Morgan fingerprint density at radius 3 is 2.35 bits per heavy atom. The number of fused-ring (bicyclic) bond motifs is 1. The molecule has 1 aliphatic rings. The van der Waals surface area contributed by atoms with Crippen LogP contribution in [-0.2, 0) is 35.1 Å². The lowest BCUT2D eigenvalue weighted by molar-refractivity contribution is -0.154. The molecule has 3 rings (SSSR count). The Morgan fingerprint density at radius 2 is 1.70 bits per heavy atom. The number of ketones is 1. The zero-order valence-corrected chi connectivity index (χ0v) is 23.3. The highest BCUT2D eigenvalue weighted by Crippen LogP contribution is 2.22. The van der Waals surface area contributed by atoms with Gasteiger partial charge in [0, 0.05) is 36.9 Å². The summed E-state index contributed by atoms with van der Waals surface area (Å²) in [4.78, 5) is 66.6. The molecule has 3 atom stereocenters. The van der Waals surface area contributed by atoms with Gasteiger partial charge in [0.25, 0.3) is 0 Å². The molecule has 0 aliphatic heterocycles. The Morgan fingerprint density at radius 1 is 1.02 bits per heavy atom. The van der Waals surface area contributed by atoms with Crippen molar-refractivity contribution in [2.24, 2.45) is 5.92 Å². The number of benzene rings is 1. The van der Waals surface area contributed by atoms with Gasteiger partial charge >= 0.3 is 5.97 Å². The van der Waals surface area contributed by atoms with Crippen LogP contribution in [-0.4, -0.2) is 64.9 Å². The van der Waals surface area contributed by atoms with E-state index in [2.05, 4.69) is 20.9 Å². The third-order valence-corrected chi connectivity index (χ3v) is 7.07. The molecule has 1 heterocycles. The maximum absolute atomic E-state index is 13.4. The van der Waals surface area contributed by atoms with Crippen molar-refractivity contribution < 1.29 is 28.7 Å². The minimum Gasteiger partial charge on any atom is -0.461 e. The number of H-pyrrole nitrogens is 1. The first-order chi connectivity index (χ1) is 19.1. The fourth-order valence-corrected chi connectivity index (χ4v) is 4.87. The fraction of sp³-hybridized carbons (Fsp3) is 0.517. The van der Waals surface area contributed by atoms with Crippen molar-refractivity contribution in [3.63, 3.8) is 0 Å². The topological polar surface area (TPSA) is 170 Å². The van der Waals surface area contributed by atoms with Gasteiger partial charge in [-0.05, 0) is 49.7 Å². The smallest absolute Gasteiger partial charge is 0.329 e. The molecule has 1 aromatic carbocycles. The summed E-state index contributed by atoms with van der Waals surface area (Å²) in [5.41, 5.74) is 1.69. The number of ether oxygens (including phenoxy) is 1. The zero-order valence-electron chi connectivity index (χ0n) is 23.3. The average molecular weight is 554 g/mol. The lowest BCUT2D eigenvalue weighted by atomic mass is 10.0. The second-order valence-electron chi connectivity index (χ2n) is 10.6. The molecule has 1 aliphatic carbocycles. The molecule has 0 radical (unpaired) electrons. The molecule has 1 fully saturated rings. The summed E-state index contributed by atoms with van der Waals surface area (Å²) in [5, 5.41) is 16.1. The number of hydrogen-bond donors (Lipinski definition) is 5. The third kappa shape index (κ3) is 8.49. The Balaban J connectivity index is 1.77. The number of para-hydroxylation sites is 1. The number of rotatable bonds is 14. The van der Waals surface area contributed by atoms with E-state index >= 15 is 0 Å². The Labute approximate surface area is 233 Å². The van der Waals surface area contributed by atoms with Crippen LogP contribution >= 0.6 is 0 Å². The molecule has 2 aromatic rings. The molecule has 40 heavy (non-hydrogen) atoms. The van der Waals surface area contributed by atoms with Crippen molar-refractivity contribution >= 4 is 46.6 Å². The van der Waals surface area contributed by atoms with E-state index in [-0.39, 0.29) is 31.3 Å². The number of amides is 3. The molecule has 11 heteroatoms. The molecule has 0 spiro atoms. The second-order valence-corrected chi connectivity index (χ2v) is 10.6. The number of Topliss-reactive ketones (excluding diaryl/α,β-unsaturated/α-hetero) is 1. The molecular formula is C29H39N5O6. The van der Waals surface area contributed by atoms with Gasteiger partial charge in [0.2, 0.25) is 17.7 Å². The summed E-state index contributed by atoms with van der Waals surface area (Å²) in [5.74, 6) is -3.02. The summed E-state index contributed by atoms with van der Waals surface area (Å²) < 4.78 is 5.61. The zero-order chi connectivity index (χ0) is 29.2. The van der Waals surface area contributed by atoms with Crippen molar-refractivity contribution in [2.75, 3.05) is 0 Å². The molecule has 5 N–H and O–H groups in total. The Bertz CT molecular complexity index is 1230. The van der Waals surface area contributed by atoms with E-state index in [1.165, 1.54) is 6.92 Å². The fourth-order valence-electron chi connectivity index (χ4n) is 4.87. The maximum Gasteiger partial charge on any atom is 0.329 e. The number of carbonyl (C=O) groups excluding carboxylic acids is 5. The van der Waals surface area contributed by atoms with Crippen LogP contribution in [0.25, 0.3) is 10.9 Å². The lowest BCUT2D eigenvalue weighted by Crippen LogP contribution is -2.57. The summed E-state index contributed by atoms with van der Waals surface area (Å²) in [6, 6.07) is 4.43. The monoisotopic (exact) mass is 553 g/mol. The number of aromatic amines is 1. The van der Waals surface area contributed by atoms with Gasteiger partial charge in [-0.25, -0.2) is 4.79 Å². The van der Waals surface area contributed by atoms with E-state index in [1.54, 1.807) is 20.0 Å². The van der Waals surface area contributed by atoms with Gasteiger partial charge in [-0.3, -0.25) is 19.2 Å². The molecule has 0 unspecified atom stereocenters. The van der Waals surface area contributed by atoms with Crippen LogP contribution in [0.15, 0.2) is 30.5 Å². The SMILES string of the molecule is CC(=O)N[C@@H](Cc1c[nH]c2ccccc12)C(=O)N[C@@H](CCC(=O)C=N)C(=O)N[C@H](C(=O)OC1CCCC1)C(C)C. The third-order valence-electron chi connectivity index (χ3n) is 7.07. The van der Waals surface area contributed by atoms with Crippen LogP contribution in [0.4, 0.5) is 0 Å². The Hall–Kier alpha value is -4.02. The van der Waals surface area contributed by atoms with Crippen LogP contribution in [0.2, 0.25) is 0 Å². The van der Waals surface area contributed by atoms with Gasteiger partial charge in [-0.1, -0.05) is 32.0 Å². The van der Waals surface area contributed by atoms with E-state index in [1.807, 2.05) is 24.3 Å². The molecule has 0 saturated heterocycles. The number of carbonyl (C=O) groups is 5. The number of nitrogens with one attached hydrogen (secondary N) is 5. The first-order valence-corrected chi connectivity index (χ1v) is 13.8. The summed E-state index contributed by atoms with van der Waals surface area (Å²) in [6.07, 6.45) is 5.71. The average Bonchev–Trinajstić information content (AvgIpc) is 3.58. The highest BCUT2D eigenvalue weighted by atomic mass is 16.5. The van der Waals surface area contributed by atoms with E-state index in [0.717, 1.165) is 42.1 Å². The van der Waals surface area contributed by atoms with Crippen LogP contribution in [0.3, 0.4) is 0 Å². The first kappa shape index (κ1) is 30.5. The van der Waals surface area contributed by atoms with Crippen molar-refractivity contribution in [2.45, 2.75) is 89.9 Å². The van der Waals surface area contributed by atoms with Crippen molar-refractivity contribution in [1.82, 2.24) is 20.9 Å². The second kappa shape index (κ2) is 14.4. The van der Waals surface area contributed by atoms with Crippen LogP contribution < -0.4 is 16.0 Å². The summed E-state index contributed by atoms with van der Waals surface area (Å²) in [7, 11) is 0. The van der Waals surface area contributed by atoms with Crippen molar-refractivity contribution in [1.29, 1.82) is 5.41 Å². The van der Waals surface area contributed by atoms with Crippen molar-refractivity contribution in [3.05, 3.63) is 36.0 Å². The first-order valence-electron chi connectivity index (χ1n) is 13.8. The van der Waals surface area contributed by atoms with E-state index in [4.69, 9.17) is 10.1 Å². The summed E-state index contributed by atoms with van der Waals surface area (Å²) >= 11 is 0. The molecule has 11 nitrogen and oxygen atoms in total. The van der Waals surface area contributed by atoms with Gasteiger partial charge in [-0.2, -0.15) is 0 Å². The molecular weight excluding hydrogens is 514 g/mol. The van der Waals surface area contributed by atoms with Gasteiger partial charge in [0.05, 0.1) is 6.21 Å². The predicted molar refractivity (Wildman–Crippen MR) is 150 cm³/mol. The van der Waals surface area contributed by atoms with Crippen LogP contribution in [0.5, 0.6) is 0 Å². The molecule has 1 aromatic heterocycles. The lowest BCUT2D eigenvalue weighted by Gasteiger charge is -2.27. The van der Waals surface area contributed by atoms with Gasteiger partial charge < -0.3 is 31.1 Å². The highest BCUT2D eigenvalue weighted by Gasteiger charge is 2.33. The minimum absolute atomic E-state index is 0.0891. The van der Waals surface area contributed by atoms with Crippen LogP contribution in [0, 0.1) is 11.3 Å². The van der Waals surface area contributed by atoms with Gasteiger partial charge in [-0.15, -0.1) is 0 Å². The van der Waals surface area contributed by atoms with Crippen molar-refractivity contribution in [3.8, 4) is 0 Å². The van der Waals surface area contributed by atoms with E-state index < -0.39 is 47.6 Å². The number of aromatic nitrogens is 1. The Kier molecular flexibility index (Phi) is 11.0. The van der Waals surface area contributed by atoms with E-state index in [0.29, 0.717) is 6.21 Å². The standard InChI is InChI=1S/C29H39N5O6/c1-17(2)26(29(39)40-21-8-4-5-9-21)34-27(37)24(13-12-20(36)15-30)33-28(38)25(32-18(3)35)14-19-16-31-23-11-7-6-10-22(19)23/h6-7,10-11,15-17,21,24-26,30-31H,4-5,8-9,12-14H2,1-3H3,(H,32,35)(H,33,38)(H,34,37)/t24-,25-,26-/m0/s1. The predicted octanol–water partition coefficient (Wildman–Crippen LogP) is 2.33. The van der Waals surface area contributed by atoms with E-state index in [9.17, 15) is 24.0 Å². The normalized spacial score (nSPS) is 15.7. The van der Waals surface area contributed by atoms with Gasteiger partial charge in [0.1, 0.15) is 24.2 Å². The minimum atomic E-state index is -1.18. The maximum atomic E-state index is 13.4. The molecule has 0 bridgehead atoms. The largest absolute Gasteiger partial charge is 0.461 e. The molecule has 1 saturated carbocycles. The molecule has 216 valence electrons. The number of esters is 1. The summed E-state index contributed by atoms with van der Waals surface area (Å²) in [6.45, 7) is 4.85. The molecule has 3 amide bonds. The number of hydrogen-bond acceptors (Lipinski definition) is 7. The van der Waals surface area contributed by atoms with Crippen LogP contribution in [0.1, 0.15) is 64.9 Å².